The lowest BCUT2D eigenvalue weighted by atomic mass is 10.0. The molecule has 0 aliphatic carbocycles. The Bertz CT molecular complexity index is 1570. The maximum absolute atomic E-state index is 14.1. The molecular formula is C28H21F4N3O. The summed E-state index contributed by atoms with van der Waals surface area (Å²) in [5.74, 6) is -0.912. The van der Waals surface area contributed by atoms with Gasteiger partial charge in [0.05, 0.1) is 28.2 Å². The first kappa shape index (κ1) is 23.5. The number of hydrogen-bond donors (Lipinski definition) is 2. The number of aromatic amines is 1. The third-order valence-corrected chi connectivity index (χ3v) is 6.06. The third kappa shape index (κ3) is 4.79. The van der Waals surface area contributed by atoms with Crippen molar-refractivity contribution in [3.05, 3.63) is 95.8 Å². The highest BCUT2D eigenvalue weighted by molar-refractivity contribution is 5.93. The van der Waals surface area contributed by atoms with Gasteiger partial charge in [0.15, 0.2) is 0 Å². The van der Waals surface area contributed by atoms with Gasteiger partial charge in [-0.2, -0.15) is 13.2 Å². The maximum Gasteiger partial charge on any atom is 0.418 e. The fraction of sp³-hybridized carbons (Fsp3) is 0.143. The second kappa shape index (κ2) is 9.45. The molecule has 182 valence electrons. The molecule has 0 saturated heterocycles. The van der Waals surface area contributed by atoms with E-state index in [1.54, 1.807) is 6.07 Å². The predicted molar refractivity (Wildman–Crippen MR) is 132 cm³/mol. The molecule has 0 radical (unpaired) electrons. The molecule has 8 heteroatoms. The van der Waals surface area contributed by atoms with E-state index < -0.39 is 17.6 Å². The first-order chi connectivity index (χ1) is 17.3. The number of anilines is 1. The number of rotatable bonds is 6. The van der Waals surface area contributed by atoms with Crippen LogP contribution in [0.25, 0.3) is 33.2 Å². The van der Waals surface area contributed by atoms with E-state index in [2.05, 4.69) is 10.3 Å². The average molecular weight is 491 g/mol. The average Bonchev–Trinajstić information content (AvgIpc) is 3.21. The van der Waals surface area contributed by atoms with Gasteiger partial charge in [-0.3, -0.25) is 4.79 Å². The Morgan fingerprint density at radius 3 is 2.56 bits per heavy atom. The largest absolute Gasteiger partial charge is 0.418 e. The molecule has 0 aliphatic rings. The van der Waals surface area contributed by atoms with Crippen LogP contribution in [-0.4, -0.2) is 15.9 Å². The Morgan fingerprint density at radius 2 is 1.72 bits per heavy atom. The molecule has 0 fully saturated rings. The van der Waals surface area contributed by atoms with Gasteiger partial charge >= 0.3 is 6.18 Å². The number of nitrogens with one attached hydrogen (secondary N) is 2. The molecule has 1 amide bonds. The minimum absolute atomic E-state index is 0.00122. The highest BCUT2D eigenvalue weighted by Crippen LogP contribution is 2.35. The zero-order valence-corrected chi connectivity index (χ0v) is 19.0. The Balaban J connectivity index is 1.39. The van der Waals surface area contributed by atoms with Crippen molar-refractivity contribution in [1.29, 1.82) is 0 Å². The number of nitrogens with zero attached hydrogens (tertiary/aromatic N) is 1. The number of carbonyl (C=O) groups excluding carboxylic acids is 1. The first-order valence-electron chi connectivity index (χ1n) is 11.4. The predicted octanol–water partition coefficient (Wildman–Crippen LogP) is 7.50. The van der Waals surface area contributed by atoms with E-state index in [0.29, 0.717) is 23.9 Å². The summed E-state index contributed by atoms with van der Waals surface area (Å²) in [7, 11) is 0. The number of fused-ring (bicyclic) bond motifs is 2. The molecule has 0 atom stereocenters. The molecular weight excluding hydrogens is 470 g/mol. The molecule has 0 saturated carbocycles. The SMILES string of the molecule is O=C(CCCc1c(-c2ccc3ccccc3n2)[nH]c2ccc(F)cc12)Nc1ccccc1C(F)(F)F. The summed E-state index contributed by atoms with van der Waals surface area (Å²) in [6.07, 6.45) is -3.82. The number of halogens is 4. The van der Waals surface area contributed by atoms with Crippen LogP contribution >= 0.6 is 0 Å². The van der Waals surface area contributed by atoms with Crippen molar-refractivity contribution in [2.75, 3.05) is 5.32 Å². The van der Waals surface area contributed by atoms with Crippen LogP contribution in [0.4, 0.5) is 23.2 Å². The van der Waals surface area contributed by atoms with Gasteiger partial charge in [-0.25, -0.2) is 9.37 Å². The summed E-state index contributed by atoms with van der Waals surface area (Å²) in [5.41, 5.74) is 2.59. The van der Waals surface area contributed by atoms with Gasteiger partial charge in [0, 0.05) is 22.7 Å². The van der Waals surface area contributed by atoms with E-state index >= 15 is 0 Å². The molecule has 5 aromatic rings. The van der Waals surface area contributed by atoms with E-state index in [1.807, 2.05) is 36.4 Å². The van der Waals surface area contributed by atoms with Crippen molar-refractivity contribution >= 4 is 33.4 Å². The standard InChI is InChI=1S/C28H21F4N3O/c29-18-13-15-23-20(16-18)19(27(35-23)25-14-12-17-6-1-3-9-22(17)33-25)7-5-11-26(36)34-24-10-4-2-8-21(24)28(30,31)32/h1-4,6,8-10,12-16,35H,5,7,11H2,(H,34,36). The fourth-order valence-corrected chi connectivity index (χ4v) is 4.38. The zero-order valence-electron chi connectivity index (χ0n) is 19.0. The number of para-hydroxylation sites is 2. The number of carbonyl (C=O) groups is 1. The second-order valence-electron chi connectivity index (χ2n) is 8.50. The minimum atomic E-state index is -4.57. The van der Waals surface area contributed by atoms with E-state index in [4.69, 9.17) is 4.98 Å². The molecule has 4 nitrogen and oxygen atoms in total. The van der Waals surface area contributed by atoms with Crippen molar-refractivity contribution in [3.63, 3.8) is 0 Å². The lowest BCUT2D eigenvalue weighted by molar-refractivity contribution is -0.137. The van der Waals surface area contributed by atoms with Crippen LogP contribution in [0.3, 0.4) is 0 Å². The van der Waals surface area contributed by atoms with Gasteiger partial charge in [0.25, 0.3) is 0 Å². The highest BCUT2D eigenvalue weighted by atomic mass is 19.4. The van der Waals surface area contributed by atoms with Crippen LogP contribution in [0.2, 0.25) is 0 Å². The monoisotopic (exact) mass is 491 g/mol. The van der Waals surface area contributed by atoms with Crippen LogP contribution < -0.4 is 5.32 Å². The molecule has 0 aliphatic heterocycles. The van der Waals surface area contributed by atoms with Crippen LogP contribution in [-0.2, 0) is 17.4 Å². The van der Waals surface area contributed by atoms with Crippen LogP contribution in [0, 0.1) is 5.82 Å². The fourth-order valence-electron chi connectivity index (χ4n) is 4.38. The number of hydrogen-bond acceptors (Lipinski definition) is 2. The quantitative estimate of drug-likeness (QED) is 0.242. The Labute approximate surface area is 204 Å². The second-order valence-corrected chi connectivity index (χ2v) is 8.50. The van der Waals surface area contributed by atoms with Crippen molar-refractivity contribution in [2.24, 2.45) is 0 Å². The van der Waals surface area contributed by atoms with E-state index in [-0.39, 0.29) is 17.9 Å². The van der Waals surface area contributed by atoms with E-state index in [1.165, 1.54) is 30.3 Å². The minimum Gasteiger partial charge on any atom is -0.353 e. The normalized spacial score (nSPS) is 11.8. The number of amides is 1. The summed E-state index contributed by atoms with van der Waals surface area (Å²) < 4.78 is 53.8. The Kier molecular flexibility index (Phi) is 6.18. The number of H-pyrrole nitrogens is 1. The summed E-state index contributed by atoms with van der Waals surface area (Å²) >= 11 is 0. The van der Waals surface area contributed by atoms with Crippen molar-refractivity contribution in [2.45, 2.75) is 25.4 Å². The maximum atomic E-state index is 14.1. The Hall–Kier alpha value is -4.20. The number of pyridine rings is 1. The first-order valence-corrected chi connectivity index (χ1v) is 11.4. The molecule has 3 aromatic carbocycles. The number of aryl methyl sites for hydroxylation is 1. The number of benzene rings is 3. The lowest BCUT2D eigenvalue weighted by Gasteiger charge is -2.13. The smallest absolute Gasteiger partial charge is 0.353 e. The third-order valence-electron chi connectivity index (χ3n) is 6.06. The molecule has 0 unspecified atom stereocenters. The van der Waals surface area contributed by atoms with Gasteiger partial charge in [0.1, 0.15) is 5.82 Å². The van der Waals surface area contributed by atoms with Crippen LogP contribution in [0.1, 0.15) is 24.0 Å². The van der Waals surface area contributed by atoms with Gasteiger partial charge in [-0.05, 0) is 60.9 Å². The summed E-state index contributed by atoms with van der Waals surface area (Å²) in [4.78, 5) is 20.5. The molecule has 0 bridgehead atoms. The van der Waals surface area contributed by atoms with Crippen molar-refractivity contribution in [3.8, 4) is 11.4 Å². The zero-order chi connectivity index (χ0) is 25.3. The van der Waals surface area contributed by atoms with E-state index in [9.17, 15) is 22.4 Å². The topological polar surface area (TPSA) is 57.8 Å². The molecule has 2 heterocycles. The van der Waals surface area contributed by atoms with Gasteiger partial charge in [-0.1, -0.05) is 36.4 Å². The van der Waals surface area contributed by atoms with E-state index in [0.717, 1.165) is 33.7 Å². The molecule has 0 spiro atoms. The summed E-state index contributed by atoms with van der Waals surface area (Å²) in [6.45, 7) is 0. The lowest BCUT2D eigenvalue weighted by Crippen LogP contribution is -2.16. The molecule has 36 heavy (non-hydrogen) atoms. The van der Waals surface area contributed by atoms with Crippen LogP contribution in [0.15, 0.2) is 78.9 Å². The molecule has 2 N–H and O–H groups in total. The van der Waals surface area contributed by atoms with Crippen LogP contribution in [0.5, 0.6) is 0 Å². The van der Waals surface area contributed by atoms with Gasteiger partial charge in [-0.15, -0.1) is 0 Å². The highest BCUT2D eigenvalue weighted by Gasteiger charge is 2.33. The Morgan fingerprint density at radius 1 is 0.944 bits per heavy atom. The molecule has 5 rings (SSSR count). The summed E-state index contributed by atoms with van der Waals surface area (Å²) in [5, 5.41) is 4.04. The van der Waals surface area contributed by atoms with Crippen molar-refractivity contribution < 1.29 is 22.4 Å². The number of aromatic nitrogens is 2. The van der Waals surface area contributed by atoms with Gasteiger partial charge < -0.3 is 10.3 Å². The summed E-state index contributed by atoms with van der Waals surface area (Å²) in [6, 6.07) is 20.9. The number of alkyl halides is 3. The van der Waals surface area contributed by atoms with Gasteiger partial charge in [0.2, 0.25) is 5.91 Å². The molecule has 2 aromatic heterocycles. The van der Waals surface area contributed by atoms with Crippen molar-refractivity contribution in [1.82, 2.24) is 9.97 Å².